The zero-order chi connectivity index (χ0) is 11.8. The Bertz CT molecular complexity index is 305. The molecule has 4 N–H and O–H groups in total. The Balaban J connectivity index is 4.85. The predicted octanol–water partition coefficient (Wildman–Crippen LogP) is 0.614. The lowest BCUT2D eigenvalue weighted by Gasteiger charge is -2.15. The second-order valence-electron chi connectivity index (χ2n) is 2.81. The minimum absolute atomic E-state index is 0.375. The van der Waals surface area contributed by atoms with E-state index in [-0.39, 0.29) is 0 Å². The zero-order valence-electron chi connectivity index (χ0n) is 8.34. The normalized spacial score (nSPS) is 16.0. The Kier molecular flexibility index (Phi) is 6.01. The van der Waals surface area contributed by atoms with Crippen molar-refractivity contribution < 1.29 is 15.0 Å². The Morgan fingerprint density at radius 2 is 1.93 bits per heavy atom. The molecule has 82 valence electrons. The first kappa shape index (κ1) is 13.4. The molecule has 0 bridgehead atoms. The second-order valence-corrected chi connectivity index (χ2v) is 2.81. The van der Waals surface area contributed by atoms with Gasteiger partial charge >= 0.3 is 5.97 Å². The fourth-order valence-corrected chi connectivity index (χ4v) is 0.910. The van der Waals surface area contributed by atoms with Crippen LogP contribution in [0.1, 0.15) is 0 Å². The molecule has 0 aromatic heterocycles. The van der Waals surface area contributed by atoms with Crippen LogP contribution in [0.25, 0.3) is 0 Å². The molecule has 0 fully saturated rings. The van der Waals surface area contributed by atoms with Crippen LogP contribution in [0.2, 0.25) is 0 Å². The summed E-state index contributed by atoms with van der Waals surface area (Å²) in [5.74, 6) is -1.26. The molecule has 2 atom stereocenters. The van der Waals surface area contributed by atoms with E-state index in [2.05, 4.69) is 13.2 Å². The SMILES string of the molecule is C=C/C=C\C(=C/C=C)C(O)C(N)C(=O)O. The van der Waals surface area contributed by atoms with Crippen LogP contribution in [-0.4, -0.2) is 28.3 Å². The number of hydrogen-bond donors (Lipinski definition) is 3. The fourth-order valence-electron chi connectivity index (χ4n) is 0.910. The van der Waals surface area contributed by atoms with Crippen molar-refractivity contribution in [2.45, 2.75) is 12.1 Å². The molecule has 0 aliphatic rings. The third kappa shape index (κ3) is 4.39. The predicted molar refractivity (Wildman–Crippen MR) is 59.2 cm³/mol. The van der Waals surface area contributed by atoms with Gasteiger partial charge in [0.1, 0.15) is 12.1 Å². The van der Waals surface area contributed by atoms with Crippen molar-refractivity contribution in [3.05, 3.63) is 49.1 Å². The first-order valence-electron chi connectivity index (χ1n) is 4.32. The number of carboxylic acids is 1. The van der Waals surface area contributed by atoms with Crippen LogP contribution >= 0.6 is 0 Å². The first-order valence-corrected chi connectivity index (χ1v) is 4.32. The maximum atomic E-state index is 10.5. The van der Waals surface area contributed by atoms with Gasteiger partial charge in [0.25, 0.3) is 0 Å². The molecule has 0 spiro atoms. The summed E-state index contributed by atoms with van der Waals surface area (Å²) >= 11 is 0. The van der Waals surface area contributed by atoms with Crippen LogP contribution in [0.15, 0.2) is 49.1 Å². The topological polar surface area (TPSA) is 83.5 Å². The highest BCUT2D eigenvalue weighted by Gasteiger charge is 2.23. The van der Waals surface area contributed by atoms with E-state index in [0.29, 0.717) is 5.57 Å². The Hall–Kier alpha value is -1.65. The molecule has 0 heterocycles. The number of aliphatic carboxylic acids is 1. The quantitative estimate of drug-likeness (QED) is 0.560. The van der Waals surface area contributed by atoms with Gasteiger partial charge in [-0.05, 0) is 5.57 Å². The summed E-state index contributed by atoms with van der Waals surface area (Å²) < 4.78 is 0. The summed E-state index contributed by atoms with van der Waals surface area (Å²) in [6.07, 6.45) is 6.29. The second kappa shape index (κ2) is 6.75. The van der Waals surface area contributed by atoms with Crippen molar-refractivity contribution in [1.82, 2.24) is 0 Å². The first-order chi connectivity index (χ1) is 7.04. The highest BCUT2D eigenvalue weighted by Crippen LogP contribution is 2.08. The summed E-state index contributed by atoms with van der Waals surface area (Å²) in [5, 5.41) is 18.2. The number of aliphatic hydroxyl groups is 1. The van der Waals surface area contributed by atoms with Crippen molar-refractivity contribution >= 4 is 5.97 Å². The molecule has 0 amide bonds. The van der Waals surface area contributed by atoms with Crippen molar-refractivity contribution in [1.29, 1.82) is 0 Å². The molecule has 0 saturated carbocycles. The molecular weight excluding hydrogens is 194 g/mol. The van der Waals surface area contributed by atoms with E-state index in [1.165, 1.54) is 24.3 Å². The van der Waals surface area contributed by atoms with E-state index in [4.69, 9.17) is 10.8 Å². The molecule has 0 aromatic carbocycles. The van der Waals surface area contributed by atoms with Crippen molar-refractivity contribution in [2.75, 3.05) is 0 Å². The van der Waals surface area contributed by atoms with Gasteiger partial charge in [-0.1, -0.05) is 43.5 Å². The van der Waals surface area contributed by atoms with E-state index < -0.39 is 18.1 Å². The van der Waals surface area contributed by atoms with Crippen molar-refractivity contribution in [3.8, 4) is 0 Å². The average molecular weight is 209 g/mol. The average Bonchev–Trinajstić information content (AvgIpc) is 2.22. The summed E-state index contributed by atoms with van der Waals surface area (Å²) in [6.45, 7) is 6.92. The Labute approximate surface area is 88.7 Å². The van der Waals surface area contributed by atoms with E-state index in [0.717, 1.165) is 0 Å². The number of allylic oxidation sites excluding steroid dienone is 4. The van der Waals surface area contributed by atoms with E-state index in [1.807, 2.05) is 0 Å². The number of hydrogen-bond acceptors (Lipinski definition) is 3. The molecule has 0 radical (unpaired) electrons. The van der Waals surface area contributed by atoms with Gasteiger partial charge in [0.05, 0.1) is 0 Å². The molecule has 15 heavy (non-hydrogen) atoms. The molecule has 4 heteroatoms. The van der Waals surface area contributed by atoms with Crippen LogP contribution in [0.3, 0.4) is 0 Å². The highest BCUT2D eigenvalue weighted by atomic mass is 16.4. The van der Waals surface area contributed by atoms with Gasteiger partial charge in [0, 0.05) is 0 Å². The summed E-state index contributed by atoms with van der Waals surface area (Å²) in [7, 11) is 0. The van der Waals surface area contributed by atoms with Crippen LogP contribution in [0, 0.1) is 0 Å². The lowest BCUT2D eigenvalue weighted by Crippen LogP contribution is -2.42. The number of carbonyl (C=O) groups is 1. The lowest BCUT2D eigenvalue weighted by atomic mass is 10.0. The maximum absolute atomic E-state index is 10.5. The largest absolute Gasteiger partial charge is 0.480 e. The molecule has 0 aromatic rings. The van der Waals surface area contributed by atoms with Gasteiger partial charge in [-0.2, -0.15) is 0 Å². The van der Waals surface area contributed by atoms with Gasteiger partial charge in [-0.15, -0.1) is 0 Å². The van der Waals surface area contributed by atoms with E-state index >= 15 is 0 Å². The molecule has 0 saturated heterocycles. The van der Waals surface area contributed by atoms with Gasteiger partial charge < -0.3 is 15.9 Å². The van der Waals surface area contributed by atoms with Crippen LogP contribution in [-0.2, 0) is 4.79 Å². The third-order valence-corrected chi connectivity index (χ3v) is 1.70. The van der Waals surface area contributed by atoms with Crippen LogP contribution < -0.4 is 5.73 Å². The van der Waals surface area contributed by atoms with E-state index in [9.17, 15) is 9.90 Å². The van der Waals surface area contributed by atoms with Crippen molar-refractivity contribution in [3.63, 3.8) is 0 Å². The zero-order valence-corrected chi connectivity index (χ0v) is 8.34. The minimum atomic E-state index is -1.36. The lowest BCUT2D eigenvalue weighted by molar-refractivity contribution is -0.140. The summed E-state index contributed by atoms with van der Waals surface area (Å²) in [5.41, 5.74) is 5.65. The van der Waals surface area contributed by atoms with Gasteiger partial charge in [0.2, 0.25) is 0 Å². The molecule has 0 aliphatic carbocycles. The monoisotopic (exact) mass is 209 g/mol. The molecule has 4 nitrogen and oxygen atoms in total. The summed E-state index contributed by atoms with van der Waals surface area (Å²) in [4.78, 5) is 10.5. The molecule has 0 rings (SSSR count). The molecular formula is C11H15NO3. The maximum Gasteiger partial charge on any atom is 0.323 e. The van der Waals surface area contributed by atoms with Gasteiger partial charge in [0.15, 0.2) is 0 Å². The highest BCUT2D eigenvalue weighted by molar-refractivity contribution is 5.74. The Morgan fingerprint density at radius 3 is 2.33 bits per heavy atom. The number of carboxylic acid groups (broad SMARTS) is 1. The van der Waals surface area contributed by atoms with Crippen LogP contribution in [0.5, 0.6) is 0 Å². The number of rotatable bonds is 6. The Morgan fingerprint density at radius 1 is 1.33 bits per heavy atom. The van der Waals surface area contributed by atoms with Gasteiger partial charge in [-0.25, -0.2) is 0 Å². The van der Waals surface area contributed by atoms with Crippen LogP contribution in [0.4, 0.5) is 0 Å². The van der Waals surface area contributed by atoms with Gasteiger partial charge in [-0.3, -0.25) is 4.79 Å². The molecule has 0 aliphatic heterocycles. The van der Waals surface area contributed by atoms with E-state index in [1.54, 1.807) is 6.08 Å². The molecule has 2 unspecified atom stereocenters. The number of aliphatic hydroxyl groups excluding tert-OH is 1. The number of nitrogens with two attached hydrogens (primary N) is 1. The smallest absolute Gasteiger partial charge is 0.323 e. The minimum Gasteiger partial charge on any atom is -0.480 e. The standard InChI is InChI=1S/C11H15NO3/c1-3-5-7-8(6-4-2)10(13)9(12)11(14)15/h3-7,9-10,13H,1-2,12H2,(H,14,15)/b7-5-,8-6+. The third-order valence-electron chi connectivity index (χ3n) is 1.70. The fraction of sp³-hybridized carbons (Fsp3) is 0.182. The summed E-state index contributed by atoms with van der Waals surface area (Å²) in [6, 6.07) is -1.36. The van der Waals surface area contributed by atoms with Crippen molar-refractivity contribution in [2.24, 2.45) is 5.73 Å².